The molecule has 6 heteroatoms. The fourth-order valence-corrected chi connectivity index (χ4v) is 3.26. The molecule has 1 N–H and O–H groups in total. The SMILES string of the molecule is O=C(Cc1csc(-c2ccccc2Cl)n1)NOCc1ccccc1. The number of carbonyl (C=O) groups excluding carboxylic acids is 1. The molecule has 0 saturated heterocycles. The standard InChI is InChI=1S/C18H15ClN2O2S/c19-16-9-5-4-8-15(16)18-20-14(12-24-18)10-17(22)21-23-11-13-6-2-1-3-7-13/h1-9,12H,10-11H2,(H,21,22). The summed E-state index contributed by atoms with van der Waals surface area (Å²) in [6.45, 7) is 0.328. The summed E-state index contributed by atoms with van der Waals surface area (Å²) < 4.78 is 0. The molecule has 0 spiro atoms. The molecule has 0 radical (unpaired) electrons. The van der Waals surface area contributed by atoms with Gasteiger partial charge in [-0.1, -0.05) is 60.1 Å². The molecule has 3 aromatic rings. The molecule has 1 heterocycles. The first-order valence-electron chi connectivity index (χ1n) is 7.36. The van der Waals surface area contributed by atoms with Crippen molar-refractivity contribution >= 4 is 28.8 Å². The highest BCUT2D eigenvalue weighted by atomic mass is 35.5. The number of hydroxylamine groups is 1. The molecule has 0 atom stereocenters. The van der Waals surface area contributed by atoms with Crippen LogP contribution in [0.3, 0.4) is 0 Å². The van der Waals surface area contributed by atoms with E-state index in [1.807, 2.05) is 60.0 Å². The summed E-state index contributed by atoms with van der Waals surface area (Å²) in [6.07, 6.45) is 0.162. The molecule has 4 nitrogen and oxygen atoms in total. The fraction of sp³-hybridized carbons (Fsp3) is 0.111. The molecule has 0 bridgehead atoms. The number of nitrogens with zero attached hydrogens (tertiary/aromatic N) is 1. The van der Waals surface area contributed by atoms with Crippen LogP contribution in [0.5, 0.6) is 0 Å². The number of hydrogen-bond donors (Lipinski definition) is 1. The Bertz CT molecular complexity index is 821. The molecule has 0 aliphatic rings. The van der Waals surface area contributed by atoms with Crippen molar-refractivity contribution in [1.82, 2.24) is 10.5 Å². The average molecular weight is 359 g/mol. The lowest BCUT2D eigenvalue weighted by atomic mass is 10.2. The number of rotatable bonds is 6. The number of thiazole rings is 1. The Morgan fingerprint density at radius 2 is 1.88 bits per heavy atom. The molecular weight excluding hydrogens is 344 g/mol. The van der Waals surface area contributed by atoms with Gasteiger partial charge in [-0.25, -0.2) is 10.5 Å². The molecule has 1 aromatic heterocycles. The van der Waals surface area contributed by atoms with Gasteiger partial charge < -0.3 is 0 Å². The lowest BCUT2D eigenvalue weighted by molar-refractivity contribution is -0.133. The van der Waals surface area contributed by atoms with Crippen molar-refractivity contribution in [2.45, 2.75) is 13.0 Å². The van der Waals surface area contributed by atoms with E-state index in [0.717, 1.165) is 16.1 Å². The van der Waals surface area contributed by atoms with Gasteiger partial charge in [0, 0.05) is 10.9 Å². The van der Waals surface area contributed by atoms with Crippen LogP contribution in [0.1, 0.15) is 11.3 Å². The van der Waals surface area contributed by atoms with Crippen molar-refractivity contribution in [3.05, 3.63) is 76.3 Å². The molecule has 0 unspecified atom stereocenters. The molecule has 0 saturated carbocycles. The van der Waals surface area contributed by atoms with Gasteiger partial charge in [0.15, 0.2) is 0 Å². The zero-order chi connectivity index (χ0) is 16.8. The van der Waals surface area contributed by atoms with Crippen LogP contribution in [0.25, 0.3) is 10.6 Å². The van der Waals surface area contributed by atoms with E-state index in [0.29, 0.717) is 17.3 Å². The van der Waals surface area contributed by atoms with Gasteiger partial charge in [0.2, 0.25) is 5.91 Å². The number of nitrogens with one attached hydrogen (secondary N) is 1. The zero-order valence-corrected chi connectivity index (χ0v) is 14.3. The largest absolute Gasteiger partial charge is 0.272 e. The summed E-state index contributed by atoms with van der Waals surface area (Å²) in [6, 6.07) is 17.2. The number of amides is 1. The average Bonchev–Trinajstić information content (AvgIpc) is 3.04. The third-order valence-corrected chi connectivity index (χ3v) is 4.52. The first-order valence-corrected chi connectivity index (χ1v) is 8.62. The first kappa shape index (κ1) is 16.6. The van der Waals surface area contributed by atoms with Gasteiger partial charge in [-0.15, -0.1) is 11.3 Å². The van der Waals surface area contributed by atoms with E-state index in [-0.39, 0.29) is 12.3 Å². The van der Waals surface area contributed by atoms with Gasteiger partial charge in [0.1, 0.15) is 5.01 Å². The summed E-state index contributed by atoms with van der Waals surface area (Å²) in [4.78, 5) is 21.6. The van der Waals surface area contributed by atoms with Crippen LogP contribution in [0, 0.1) is 0 Å². The minimum absolute atomic E-state index is 0.162. The highest BCUT2D eigenvalue weighted by Gasteiger charge is 2.11. The van der Waals surface area contributed by atoms with Gasteiger partial charge in [0.25, 0.3) is 0 Å². The first-order chi connectivity index (χ1) is 11.7. The number of benzene rings is 2. The molecule has 0 aliphatic heterocycles. The normalized spacial score (nSPS) is 10.5. The van der Waals surface area contributed by atoms with Gasteiger partial charge in [0.05, 0.1) is 23.7 Å². The number of carbonyl (C=O) groups is 1. The number of halogens is 1. The lowest BCUT2D eigenvalue weighted by Crippen LogP contribution is -2.25. The molecule has 2 aromatic carbocycles. The van der Waals surface area contributed by atoms with E-state index in [4.69, 9.17) is 16.4 Å². The second kappa shape index (κ2) is 8.06. The van der Waals surface area contributed by atoms with E-state index >= 15 is 0 Å². The smallest absolute Gasteiger partial charge is 0.249 e. The van der Waals surface area contributed by atoms with E-state index < -0.39 is 0 Å². The van der Waals surface area contributed by atoms with Crippen molar-refractivity contribution in [2.75, 3.05) is 0 Å². The monoisotopic (exact) mass is 358 g/mol. The highest BCUT2D eigenvalue weighted by Crippen LogP contribution is 2.30. The van der Waals surface area contributed by atoms with Crippen molar-refractivity contribution in [3.63, 3.8) is 0 Å². The molecule has 1 amide bonds. The predicted molar refractivity (Wildman–Crippen MR) is 95.6 cm³/mol. The van der Waals surface area contributed by atoms with Crippen LogP contribution in [0.2, 0.25) is 5.02 Å². The third-order valence-electron chi connectivity index (χ3n) is 3.27. The van der Waals surface area contributed by atoms with Gasteiger partial charge in [-0.3, -0.25) is 9.63 Å². The van der Waals surface area contributed by atoms with E-state index in [1.165, 1.54) is 11.3 Å². The summed E-state index contributed by atoms with van der Waals surface area (Å²) in [5.74, 6) is -0.234. The van der Waals surface area contributed by atoms with Crippen LogP contribution in [0.15, 0.2) is 60.0 Å². The maximum absolute atomic E-state index is 11.9. The Kier molecular flexibility index (Phi) is 5.59. The quantitative estimate of drug-likeness (QED) is 0.670. The topological polar surface area (TPSA) is 51.2 Å². The highest BCUT2D eigenvalue weighted by molar-refractivity contribution is 7.13. The van der Waals surface area contributed by atoms with Gasteiger partial charge >= 0.3 is 0 Å². The van der Waals surface area contributed by atoms with Crippen LogP contribution in [0.4, 0.5) is 0 Å². The molecular formula is C18H15ClN2O2S. The fourth-order valence-electron chi connectivity index (χ4n) is 2.12. The summed E-state index contributed by atoms with van der Waals surface area (Å²) in [5.41, 5.74) is 4.99. The Balaban J connectivity index is 1.53. The summed E-state index contributed by atoms with van der Waals surface area (Å²) in [7, 11) is 0. The Hall–Kier alpha value is -2.21. The van der Waals surface area contributed by atoms with Crippen molar-refractivity contribution in [2.24, 2.45) is 0 Å². The summed E-state index contributed by atoms with van der Waals surface area (Å²) >= 11 is 7.63. The van der Waals surface area contributed by atoms with Crippen molar-refractivity contribution < 1.29 is 9.63 Å². The minimum Gasteiger partial charge on any atom is -0.272 e. The molecule has 3 rings (SSSR count). The van der Waals surface area contributed by atoms with E-state index in [2.05, 4.69) is 10.5 Å². The second-order valence-electron chi connectivity index (χ2n) is 5.10. The van der Waals surface area contributed by atoms with Gasteiger partial charge in [-0.05, 0) is 11.6 Å². The Morgan fingerprint density at radius 1 is 1.12 bits per heavy atom. The number of hydrogen-bond acceptors (Lipinski definition) is 4. The molecule has 122 valence electrons. The van der Waals surface area contributed by atoms with E-state index in [1.54, 1.807) is 0 Å². The van der Waals surface area contributed by atoms with E-state index in [9.17, 15) is 4.79 Å². The lowest BCUT2D eigenvalue weighted by Gasteiger charge is -2.05. The van der Waals surface area contributed by atoms with Crippen LogP contribution >= 0.6 is 22.9 Å². The Labute approximate surface area is 149 Å². The molecule has 0 fully saturated rings. The van der Waals surface area contributed by atoms with Crippen molar-refractivity contribution in [3.8, 4) is 10.6 Å². The predicted octanol–water partition coefficient (Wildman–Crippen LogP) is 4.25. The Morgan fingerprint density at radius 3 is 2.67 bits per heavy atom. The van der Waals surface area contributed by atoms with Crippen LogP contribution in [-0.4, -0.2) is 10.9 Å². The van der Waals surface area contributed by atoms with Crippen LogP contribution < -0.4 is 5.48 Å². The van der Waals surface area contributed by atoms with Crippen molar-refractivity contribution in [1.29, 1.82) is 0 Å². The summed E-state index contributed by atoms with van der Waals surface area (Å²) in [5, 5.41) is 3.30. The maximum Gasteiger partial charge on any atom is 0.249 e. The third kappa shape index (κ3) is 4.41. The molecule has 24 heavy (non-hydrogen) atoms. The zero-order valence-electron chi connectivity index (χ0n) is 12.7. The number of aromatic nitrogens is 1. The van der Waals surface area contributed by atoms with Crippen LogP contribution in [-0.2, 0) is 22.7 Å². The second-order valence-corrected chi connectivity index (χ2v) is 6.37. The minimum atomic E-state index is -0.234. The van der Waals surface area contributed by atoms with Gasteiger partial charge in [-0.2, -0.15) is 0 Å². The molecule has 0 aliphatic carbocycles. The maximum atomic E-state index is 11.9.